The summed E-state index contributed by atoms with van der Waals surface area (Å²) >= 11 is 0. The Hall–Kier alpha value is -2.07. The highest BCUT2D eigenvalue weighted by molar-refractivity contribution is 5.32. The normalized spacial score (nSPS) is 18.1. The van der Waals surface area contributed by atoms with Gasteiger partial charge in [0.05, 0.1) is 19.4 Å². The summed E-state index contributed by atoms with van der Waals surface area (Å²) in [6.45, 7) is 6.06. The van der Waals surface area contributed by atoms with Crippen molar-refractivity contribution >= 4 is 0 Å². The number of methoxy groups -OCH3 is 1. The van der Waals surface area contributed by atoms with Gasteiger partial charge in [-0.3, -0.25) is 9.88 Å². The zero-order valence-electron chi connectivity index (χ0n) is 15.3. The lowest BCUT2D eigenvalue weighted by atomic mass is 9.99. The van der Waals surface area contributed by atoms with E-state index in [0.717, 1.165) is 49.9 Å². The molecule has 1 unspecified atom stereocenters. The summed E-state index contributed by atoms with van der Waals surface area (Å²) in [5.74, 6) is 2.28. The number of aromatic nitrogens is 1. The molecule has 1 aliphatic heterocycles. The topological polar surface area (TPSA) is 34.6 Å². The molecule has 2 aromatic rings. The minimum Gasteiger partial charge on any atom is -0.497 e. The maximum atomic E-state index is 5.99. The number of rotatable bonds is 7. The first-order valence-corrected chi connectivity index (χ1v) is 9.20. The average molecular weight is 340 g/mol. The molecule has 0 N–H and O–H groups in total. The average Bonchev–Trinajstić information content (AvgIpc) is 2.67. The second-order valence-electron chi connectivity index (χ2n) is 6.74. The van der Waals surface area contributed by atoms with Crippen LogP contribution in [0, 0.1) is 5.92 Å². The van der Waals surface area contributed by atoms with Crippen LogP contribution in [0.4, 0.5) is 0 Å². The molecule has 0 amide bonds. The van der Waals surface area contributed by atoms with Crippen LogP contribution in [-0.2, 0) is 13.0 Å². The lowest BCUT2D eigenvalue weighted by Crippen LogP contribution is -2.37. The molecule has 0 aliphatic carbocycles. The maximum absolute atomic E-state index is 5.99. The zero-order chi connectivity index (χ0) is 17.5. The van der Waals surface area contributed by atoms with Gasteiger partial charge in [-0.2, -0.15) is 0 Å². The molecule has 0 saturated carbocycles. The van der Waals surface area contributed by atoms with Crippen molar-refractivity contribution in [3.05, 3.63) is 53.9 Å². The molecular formula is C21H28N2O2. The Kier molecular flexibility index (Phi) is 6.29. The Morgan fingerprint density at radius 3 is 2.84 bits per heavy atom. The van der Waals surface area contributed by atoms with E-state index in [9.17, 15) is 0 Å². The number of benzene rings is 1. The Morgan fingerprint density at radius 1 is 1.20 bits per heavy atom. The summed E-state index contributed by atoms with van der Waals surface area (Å²) in [5.41, 5.74) is 2.46. The monoisotopic (exact) mass is 340 g/mol. The van der Waals surface area contributed by atoms with E-state index in [1.54, 1.807) is 7.11 Å². The van der Waals surface area contributed by atoms with Crippen molar-refractivity contribution in [2.75, 3.05) is 26.8 Å². The molecule has 1 aliphatic rings. The van der Waals surface area contributed by atoms with Gasteiger partial charge in [0.25, 0.3) is 0 Å². The quantitative estimate of drug-likeness (QED) is 0.764. The minimum absolute atomic E-state index is 0.565. The van der Waals surface area contributed by atoms with Crippen LogP contribution in [0.1, 0.15) is 31.0 Å². The van der Waals surface area contributed by atoms with Gasteiger partial charge in [-0.15, -0.1) is 0 Å². The molecular weight excluding hydrogens is 312 g/mol. The Balaban J connectivity index is 1.50. The van der Waals surface area contributed by atoms with E-state index >= 15 is 0 Å². The van der Waals surface area contributed by atoms with Crippen LogP contribution in [0.2, 0.25) is 0 Å². The number of piperidine rings is 1. The first-order valence-electron chi connectivity index (χ1n) is 9.20. The van der Waals surface area contributed by atoms with E-state index in [1.165, 1.54) is 18.4 Å². The van der Waals surface area contributed by atoms with Crippen molar-refractivity contribution in [3.8, 4) is 11.5 Å². The Bertz CT molecular complexity index is 657. The first kappa shape index (κ1) is 17.7. The molecule has 3 rings (SSSR count). The summed E-state index contributed by atoms with van der Waals surface area (Å²) in [6.07, 6.45) is 5.49. The summed E-state index contributed by atoms with van der Waals surface area (Å²) in [5, 5.41) is 0. The lowest BCUT2D eigenvalue weighted by Gasteiger charge is -2.32. The van der Waals surface area contributed by atoms with Gasteiger partial charge in [0, 0.05) is 31.3 Å². The molecule has 1 atom stereocenters. The fourth-order valence-corrected chi connectivity index (χ4v) is 3.32. The molecule has 4 nitrogen and oxygen atoms in total. The van der Waals surface area contributed by atoms with E-state index in [2.05, 4.69) is 28.9 Å². The molecule has 1 aromatic carbocycles. The van der Waals surface area contributed by atoms with Crippen molar-refractivity contribution in [3.63, 3.8) is 0 Å². The molecule has 1 saturated heterocycles. The number of aryl methyl sites for hydroxylation is 1. The van der Waals surface area contributed by atoms with Gasteiger partial charge in [-0.1, -0.05) is 19.1 Å². The molecule has 0 radical (unpaired) electrons. The lowest BCUT2D eigenvalue weighted by molar-refractivity contribution is 0.124. The highest BCUT2D eigenvalue weighted by Crippen LogP contribution is 2.22. The summed E-state index contributed by atoms with van der Waals surface area (Å²) in [6, 6.07) is 12.2. The third kappa shape index (κ3) is 5.20. The van der Waals surface area contributed by atoms with Crippen LogP contribution in [0.25, 0.3) is 0 Å². The van der Waals surface area contributed by atoms with Crippen molar-refractivity contribution in [2.45, 2.75) is 32.7 Å². The molecule has 1 fully saturated rings. The van der Waals surface area contributed by atoms with Gasteiger partial charge in [-0.25, -0.2) is 0 Å². The van der Waals surface area contributed by atoms with Crippen molar-refractivity contribution in [1.82, 2.24) is 9.88 Å². The molecule has 4 heteroatoms. The molecule has 134 valence electrons. The highest BCUT2D eigenvalue weighted by atomic mass is 16.5. The maximum Gasteiger partial charge on any atom is 0.122 e. The van der Waals surface area contributed by atoms with Gasteiger partial charge >= 0.3 is 0 Å². The van der Waals surface area contributed by atoms with Crippen LogP contribution in [-0.4, -0.2) is 36.7 Å². The van der Waals surface area contributed by atoms with Crippen molar-refractivity contribution < 1.29 is 9.47 Å². The fourth-order valence-electron chi connectivity index (χ4n) is 3.32. The van der Waals surface area contributed by atoms with Crippen LogP contribution < -0.4 is 9.47 Å². The van der Waals surface area contributed by atoms with E-state index in [1.807, 2.05) is 30.5 Å². The summed E-state index contributed by atoms with van der Waals surface area (Å²) < 4.78 is 11.2. The molecule has 0 spiro atoms. The predicted molar refractivity (Wildman–Crippen MR) is 100 cm³/mol. The molecule has 25 heavy (non-hydrogen) atoms. The first-order chi connectivity index (χ1) is 12.3. The Morgan fingerprint density at radius 2 is 2.08 bits per heavy atom. The zero-order valence-corrected chi connectivity index (χ0v) is 15.3. The van der Waals surface area contributed by atoms with Crippen LogP contribution in [0.3, 0.4) is 0 Å². The number of hydrogen-bond donors (Lipinski definition) is 0. The number of ether oxygens (including phenoxy) is 2. The predicted octanol–water partition coefficient (Wildman–Crippen LogP) is 3.94. The number of nitrogens with zero attached hydrogens (tertiary/aromatic N) is 2. The summed E-state index contributed by atoms with van der Waals surface area (Å²) in [4.78, 5) is 7.09. The standard InChI is InChI=1S/C21H28N2O2/c1-3-17-9-10-19(22-13-17)15-23-11-5-6-18(14-23)16-25-21-8-4-7-20(12-21)24-2/h4,7-10,12-13,18H,3,5-6,11,14-16H2,1-2H3. The number of hydrogen-bond acceptors (Lipinski definition) is 4. The van der Waals surface area contributed by atoms with E-state index in [-0.39, 0.29) is 0 Å². The molecule has 2 heterocycles. The molecule has 1 aromatic heterocycles. The smallest absolute Gasteiger partial charge is 0.122 e. The third-order valence-electron chi connectivity index (χ3n) is 4.81. The minimum atomic E-state index is 0.565. The van der Waals surface area contributed by atoms with Gasteiger partial charge in [0.2, 0.25) is 0 Å². The van der Waals surface area contributed by atoms with Crippen LogP contribution in [0.15, 0.2) is 42.6 Å². The van der Waals surface area contributed by atoms with Gasteiger partial charge in [-0.05, 0) is 49.6 Å². The van der Waals surface area contributed by atoms with Crippen molar-refractivity contribution in [1.29, 1.82) is 0 Å². The van der Waals surface area contributed by atoms with Gasteiger partial charge < -0.3 is 9.47 Å². The van der Waals surface area contributed by atoms with E-state index in [0.29, 0.717) is 5.92 Å². The second-order valence-corrected chi connectivity index (χ2v) is 6.74. The van der Waals surface area contributed by atoms with E-state index in [4.69, 9.17) is 9.47 Å². The number of likely N-dealkylation sites (tertiary alicyclic amines) is 1. The van der Waals surface area contributed by atoms with Crippen LogP contribution in [0.5, 0.6) is 11.5 Å². The second kappa shape index (κ2) is 8.86. The summed E-state index contributed by atoms with van der Waals surface area (Å²) in [7, 11) is 1.68. The highest BCUT2D eigenvalue weighted by Gasteiger charge is 2.21. The molecule has 0 bridgehead atoms. The Labute approximate surface area is 150 Å². The van der Waals surface area contributed by atoms with Gasteiger partial charge in [0.15, 0.2) is 0 Å². The largest absolute Gasteiger partial charge is 0.497 e. The third-order valence-corrected chi connectivity index (χ3v) is 4.81. The SMILES string of the molecule is CCc1ccc(CN2CCCC(COc3cccc(OC)c3)C2)nc1. The van der Waals surface area contributed by atoms with Gasteiger partial charge in [0.1, 0.15) is 11.5 Å². The number of pyridine rings is 1. The van der Waals surface area contributed by atoms with Crippen LogP contribution >= 0.6 is 0 Å². The van der Waals surface area contributed by atoms with E-state index < -0.39 is 0 Å². The fraction of sp³-hybridized carbons (Fsp3) is 0.476. The van der Waals surface area contributed by atoms with Crippen molar-refractivity contribution in [2.24, 2.45) is 5.92 Å².